The van der Waals surface area contributed by atoms with E-state index in [1.807, 2.05) is 55.5 Å². The highest BCUT2D eigenvalue weighted by atomic mass is 79.9. The summed E-state index contributed by atoms with van der Waals surface area (Å²) in [4.78, 5) is 12.5. The summed E-state index contributed by atoms with van der Waals surface area (Å²) in [5, 5.41) is 2.99. The number of amides is 1. The lowest BCUT2D eigenvalue weighted by molar-refractivity contribution is 0.102. The first-order valence-corrected chi connectivity index (χ1v) is 8.05. The van der Waals surface area contributed by atoms with Crippen LogP contribution in [0.2, 0.25) is 0 Å². The number of anilines is 1. The van der Waals surface area contributed by atoms with Crippen molar-refractivity contribution in [1.82, 2.24) is 0 Å². The first-order chi connectivity index (χ1) is 9.99. The number of carbonyl (C=O) groups is 1. The summed E-state index contributed by atoms with van der Waals surface area (Å²) in [7, 11) is 0. The van der Waals surface area contributed by atoms with Crippen molar-refractivity contribution in [2.45, 2.75) is 31.5 Å². The SMILES string of the molecule is CC(C)c1ccc(C(=O)Nc2ccccc2C(C)Br)cc1. The van der Waals surface area contributed by atoms with Crippen LogP contribution in [0.25, 0.3) is 0 Å². The van der Waals surface area contributed by atoms with Gasteiger partial charge in [-0.3, -0.25) is 4.79 Å². The first-order valence-electron chi connectivity index (χ1n) is 7.13. The Morgan fingerprint density at radius 1 is 1.00 bits per heavy atom. The highest BCUT2D eigenvalue weighted by Crippen LogP contribution is 2.29. The largest absolute Gasteiger partial charge is 0.322 e. The topological polar surface area (TPSA) is 29.1 Å². The van der Waals surface area contributed by atoms with Gasteiger partial charge in [0.25, 0.3) is 5.91 Å². The monoisotopic (exact) mass is 345 g/mol. The average Bonchev–Trinajstić information content (AvgIpc) is 2.47. The summed E-state index contributed by atoms with van der Waals surface area (Å²) in [5.74, 6) is 0.392. The number of rotatable bonds is 4. The Hall–Kier alpha value is -1.61. The Balaban J connectivity index is 2.18. The number of hydrogen-bond acceptors (Lipinski definition) is 1. The van der Waals surface area contributed by atoms with Gasteiger partial charge >= 0.3 is 0 Å². The molecule has 2 nitrogen and oxygen atoms in total. The van der Waals surface area contributed by atoms with E-state index in [9.17, 15) is 4.79 Å². The molecule has 0 fully saturated rings. The van der Waals surface area contributed by atoms with Crippen molar-refractivity contribution in [2.75, 3.05) is 5.32 Å². The van der Waals surface area contributed by atoms with E-state index in [0.29, 0.717) is 11.5 Å². The fourth-order valence-corrected chi connectivity index (χ4v) is 2.57. The molecule has 1 unspecified atom stereocenters. The molecule has 0 heterocycles. The first kappa shape index (κ1) is 15.8. The van der Waals surface area contributed by atoms with Gasteiger partial charge in [-0.1, -0.05) is 60.1 Å². The zero-order chi connectivity index (χ0) is 15.4. The van der Waals surface area contributed by atoms with E-state index in [1.165, 1.54) is 5.56 Å². The second kappa shape index (κ2) is 6.90. The molecular weight excluding hydrogens is 326 g/mol. The quantitative estimate of drug-likeness (QED) is 0.726. The van der Waals surface area contributed by atoms with Crippen LogP contribution in [0.3, 0.4) is 0 Å². The predicted molar refractivity (Wildman–Crippen MR) is 92.3 cm³/mol. The van der Waals surface area contributed by atoms with Gasteiger partial charge in [-0.25, -0.2) is 0 Å². The summed E-state index contributed by atoms with van der Waals surface area (Å²) in [6, 6.07) is 15.6. The van der Waals surface area contributed by atoms with Gasteiger partial charge in [0.15, 0.2) is 0 Å². The molecule has 1 amide bonds. The van der Waals surface area contributed by atoms with E-state index < -0.39 is 0 Å². The van der Waals surface area contributed by atoms with E-state index in [-0.39, 0.29) is 10.7 Å². The van der Waals surface area contributed by atoms with Crippen molar-refractivity contribution in [3.8, 4) is 0 Å². The Labute approximate surface area is 134 Å². The number of hydrogen-bond donors (Lipinski definition) is 1. The van der Waals surface area contributed by atoms with E-state index in [4.69, 9.17) is 0 Å². The molecule has 1 N–H and O–H groups in total. The van der Waals surface area contributed by atoms with E-state index in [1.54, 1.807) is 0 Å². The van der Waals surface area contributed by atoms with Gasteiger partial charge in [-0.05, 0) is 42.2 Å². The number of halogens is 1. The van der Waals surface area contributed by atoms with E-state index in [2.05, 4.69) is 35.1 Å². The second-order valence-corrected chi connectivity index (χ2v) is 6.81. The molecule has 0 aliphatic heterocycles. The summed E-state index contributed by atoms with van der Waals surface area (Å²) < 4.78 is 0. The number of para-hydroxylation sites is 1. The molecular formula is C18H20BrNO. The molecule has 0 spiro atoms. The van der Waals surface area contributed by atoms with E-state index >= 15 is 0 Å². The molecule has 3 heteroatoms. The maximum absolute atomic E-state index is 12.3. The van der Waals surface area contributed by atoms with Crippen LogP contribution in [0.1, 0.15) is 53.0 Å². The molecule has 0 bridgehead atoms. The Morgan fingerprint density at radius 3 is 2.19 bits per heavy atom. The van der Waals surface area contributed by atoms with Gasteiger partial charge in [0.2, 0.25) is 0 Å². The minimum atomic E-state index is -0.0779. The highest BCUT2D eigenvalue weighted by Gasteiger charge is 2.11. The number of benzene rings is 2. The molecule has 2 aromatic carbocycles. The lowest BCUT2D eigenvalue weighted by Gasteiger charge is -2.13. The molecule has 110 valence electrons. The van der Waals surface area contributed by atoms with Gasteiger partial charge in [0.05, 0.1) is 0 Å². The van der Waals surface area contributed by atoms with Crippen LogP contribution in [0.4, 0.5) is 5.69 Å². The minimum Gasteiger partial charge on any atom is -0.322 e. The van der Waals surface area contributed by atoms with Crippen molar-refractivity contribution in [2.24, 2.45) is 0 Å². The van der Waals surface area contributed by atoms with Crippen molar-refractivity contribution in [1.29, 1.82) is 0 Å². The molecule has 0 saturated heterocycles. The lowest BCUT2D eigenvalue weighted by Crippen LogP contribution is -2.13. The zero-order valence-electron chi connectivity index (χ0n) is 12.6. The number of alkyl halides is 1. The second-order valence-electron chi connectivity index (χ2n) is 5.43. The van der Waals surface area contributed by atoms with E-state index in [0.717, 1.165) is 11.3 Å². The van der Waals surface area contributed by atoms with Crippen LogP contribution in [0, 0.1) is 0 Å². The molecule has 21 heavy (non-hydrogen) atoms. The summed E-state index contributed by atoms with van der Waals surface area (Å²) in [6.45, 7) is 6.33. The van der Waals surface area contributed by atoms with Crippen LogP contribution in [-0.4, -0.2) is 5.91 Å². The smallest absolute Gasteiger partial charge is 0.255 e. The number of carbonyl (C=O) groups excluding carboxylic acids is 1. The fraction of sp³-hybridized carbons (Fsp3) is 0.278. The van der Waals surface area contributed by atoms with Crippen molar-refractivity contribution in [3.05, 3.63) is 65.2 Å². The third-order valence-electron chi connectivity index (χ3n) is 3.48. The molecule has 0 aliphatic rings. The molecule has 0 aliphatic carbocycles. The average molecular weight is 346 g/mol. The van der Waals surface area contributed by atoms with Crippen LogP contribution in [0.5, 0.6) is 0 Å². The minimum absolute atomic E-state index is 0.0779. The van der Waals surface area contributed by atoms with Crippen LogP contribution in [-0.2, 0) is 0 Å². The molecule has 0 saturated carbocycles. The maximum Gasteiger partial charge on any atom is 0.255 e. The van der Waals surface area contributed by atoms with Gasteiger partial charge < -0.3 is 5.32 Å². The summed E-state index contributed by atoms with van der Waals surface area (Å²) >= 11 is 3.55. The number of nitrogens with one attached hydrogen (secondary N) is 1. The van der Waals surface area contributed by atoms with Gasteiger partial charge in [0, 0.05) is 16.1 Å². The molecule has 0 radical (unpaired) electrons. The highest BCUT2D eigenvalue weighted by molar-refractivity contribution is 9.09. The molecule has 1 atom stereocenters. The summed E-state index contributed by atoms with van der Waals surface area (Å²) in [5.41, 5.74) is 3.84. The zero-order valence-corrected chi connectivity index (χ0v) is 14.1. The van der Waals surface area contributed by atoms with Crippen molar-refractivity contribution >= 4 is 27.5 Å². The Bertz CT molecular complexity index is 617. The van der Waals surface area contributed by atoms with Crippen LogP contribution >= 0.6 is 15.9 Å². The lowest BCUT2D eigenvalue weighted by atomic mass is 10.0. The van der Waals surface area contributed by atoms with Gasteiger partial charge in [-0.2, -0.15) is 0 Å². The van der Waals surface area contributed by atoms with Gasteiger partial charge in [-0.15, -0.1) is 0 Å². The maximum atomic E-state index is 12.3. The van der Waals surface area contributed by atoms with Crippen LogP contribution in [0.15, 0.2) is 48.5 Å². The third-order valence-corrected chi connectivity index (χ3v) is 3.97. The molecule has 2 rings (SSSR count). The predicted octanol–water partition coefficient (Wildman–Crippen LogP) is 5.52. The Morgan fingerprint density at radius 2 is 1.62 bits per heavy atom. The molecule has 0 aromatic heterocycles. The van der Waals surface area contributed by atoms with Gasteiger partial charge in [0.1, 0.15) is 0 Å². The van der Waals surface area contributed by atoms with Crippen LogP contribution < -0.4 is 5.32 Å². The van der Waals surface area contributed by atoms with Crippen molar-refractivity contribution in [3.63, 3.8) is 0 Å². The third kappa shape index (κ3) is 3.94. The molecule has 2 aromatic rings. The summed E-state index contributed by atoms with van der Waals surface area (Å²) in [6.07, 6.45) is 0. The Kier molecular flexibility index (Phi) is 5.18. The normalized spacial score (nSPS) is 12.2. The van der Waals surface area contributed by atoms with Crippen molar-refractivity contribution < 1.29 is 4.79 Å². The standard InChI is InChI=1S/C18H20BrNO/c1-12(2)14-8-10-15(11-9-14)18(21)20-17-7-5-4-6-16(17)13(3)19/h4-13H,1-3H3,(H,20,21). The fourth-order valence-electron chi connectivity index (χ4n) is 2.17.